The van der Waals surface area contributed by atoms with Crippen molar-refractivity contribution in [1.29, 1.82) is 0 Å². The van der Waals surface area contributed by atoms with E-state index in [1.54, 1.807) is 11.8 Å². The summed E-state index contributed by atoms with van der Waals surface area (Å²) in [6.45, 7) is 3.75. The molecule has 4 nitrogen and oxygen atoms in total. The van der Waals surface area contributed by atoms with Crippen molar-refractivity contribution in [2.45, 2.75) is 13.5 Å². The second kappa shape index (κ2) is 4.41. The van der Waals surface area contributed by atoms with Gasteiger partial charge in [-0.25, -0.2) is 4.98 Å². The van der Waals surface area contributed by atoms with Gasteiger partial charge in [0.15, 0.2) is 5.17 Å². The molecule has 3 heterocycles. The number of imidazole rings is 1. The lowest BCUT2D eigenvalue weighted by Crippen LogP contribution is -2.18. The topological polar surface area (TPSA) is 41.7 Å². The summed E-state index contributed by atoms with van der Waals surface area (Å²) in [5, 5.41) is 4.36. The summed E-state index contributed by atoms with van der Waals surface area (Å²) < 4.78 is 2.07. The van der Waals surface area contributed by atoms with Crippen molar-refractivity contribution in [3.63, 3.8) is 0 Å². The molecule has 2 aromatic rings. The number of aromatic nitrogens is 2. The highest BCUT2D eigenvalue weighted by Gasteiger charge is 2.08. The molecular formula is C12H14N4S. The van der Waals surface area contributed by atoms with Crippen LogP contribution in [0.3, 0.4) is 0 Å². The number of rotatable bonds is 2. The predicted molar refractivity (Wildman–Crippen MR) is 71.5 cm³/mol. The first-order valence-electron chi connectivity index (χ1n) is 5.67. The molecule has 0 bridgehead atoms. The van der Waals surface area contributed by atoms with Gasteiger partial charge in [-0.2, -0.15) is 0 Å². The summed E-state index contributed by atoms with van der Waals surface area (Å²) in [4.78, 5) is 8.97. The van der Waals surface area contributed by atoms with Gasteiger partial charge < -0.3 is 9.72 Å². The molecule has 0 saturated heterocycles. The van der Waals surface area contributed by atoms with Crippen LogP contribution in [0.4, 0.5) is 0 Å². The second-order valence-corrected chi connectivity index (χ2v) is 5.13. The Balaban J connectivity index is 1.79. The highest BCUT2D eigenvalue weighted by atomic mass is 32.2. The lowest BCUT2D eigenvalue weighted by atomic mass is 10.3. The average molecular weight is 246 g/mol. The van der Waals surface area contributed by atoms with Crippen molar-refractivity contribution in [2.75, 3.05) is 12.3 Å². The van der Waals surface area contributed by atoms with Crippen molar-refractivity contribution in [3.8, 4) is 0 Å². The fourth-order valence-corrected chi connectivity index (χ4v) is 2.63. The maximum Gasteiger partial charge on any atom is 0.156 e. The van der Waals surface area contributed by atoms with E-state index in [9.17, 15) is 0 Å². The van der Waals surface area contributed by atoms with Crippen molar-refractivity contribution < 1.29 is 0 Å². The highest BCUT2D eigenvalue weighted by Crippen LogP contribution is 2.12. The quantitative estimate of drug-likeness (QED) is 0.879. The minimum Gasteiger partial charge on any atom is -0.359 e. The Morgan fingerprint density at radius 3 is 3.24 bits per heavy atom. The van der Waals surface area contributed by atoms with Gasteiger partial charge >= 0.3 is 0 Å². The van der Waals surface area contributed by atoms with Gasteiger partial charge in [0, 0.05) is 18.1 Å². The van der Waals surface area contributed by atoms with Crippen LogP contribution in [0, 0.1) is 6.92 Å². The summed E-state index contributed by atoms with van der Waals surface area (Å²) in [5.41, 5.74) is 3.28. The van der Waals surface area contributed by atoms with Gasteiger partial charge in [-0.3, -0.25) is 4.99 Å². The predicted octanol–water partition coefficient (Wildman–Crippen LogP) is 1.84. The maximum atomic E-state index is 4.61. The zero-order valence-electron chi connectivity index (χ0n) is 9.68. The highest BCUT2D eigenvalue weighted by molar-refractivity contribution is 8.14. The molecule has 1 N–H and O–H groups in total. The van der Waals surface area contributed by atoms with Crippen molar-refractivity contribution >= 4 is 22.6 Å². The molecule has 0 atom stereocenters. The summed E-state index contributed by atoms with van der Waals surface area (Å²) in [7, 11) is 0. The number of fused-ring (bicyclic) bond motifs is 1. The monoisotopic (exact) mass is 246 g/mol. The number of thioether (sulfide) groups is 1. The van der Waals surface area contributed by atoms with Crippen LogP contribution in [0.5, 0.6) is 0 Å². The Kier molecular flexibility index (Phi) is 2.76. The standard InChI is InChI=1S/C12H14N4S/c1-9-3-2-5-16-8-10(15-11(9)16)7-14-12-13-4-6-17-12/h2-3,5,8H,4,6-7H2,1H3,(H,13,14). The summed E-state index contributed by atoms with van der Waals surface area (Å²) >= 11 is 1.78. The number of nitrogens with one attached hydrogen (secondary N) is 1. The number of hydrogen-bond acceptors (Lipinski definition) is 4. The van der Waals surface area contributed by atoms with Crippen molar-refractivity contribution in [3.05, 3.63) is 35.8 Å². The normalized spacial score (nSPS) is 15.2. The van der Waals surface area contributed by atoms with Gasteiger partial charge in [-0.15, -0.1) is 0 Å². The third kappa shape index (κ3) is 2.15. The number of aryl methyl sites for hydroxylation is 1. The van der Waals surface area contributed by atoms with E-state index >= 15 is 0 Å². The zero-order chi connectivity index (χ0) is 11.7. The Hall–Kier alpha value is -1.49. The molecule has 2 aromatic heterocycles. The number of nitrogens with zero attached hydrogens (tertiary/aromatic N) is 3. The summed E-state index contributed by atoms with van der Waals surface area (Å²) in [5.74, 6) is 1.09. The fourth-order valence-electron chi connectivity index (χ4n) is 1.90. The largest absolute Gasteiger partial charge is 0.359 e. The molecule has 1 aliphatic rings. The number of pyridine rings is 1. The number of hydrogen-bond donors (Lipinski definition) is 1. The van der Waals surface area contributed by atoms with E-state index in [0.717, 1.165) is 35.4 Å². The Bertz CT molecular complexity index is 573. The van der Waals surface area contributed by atoms with Crippen molar-refractivity contribution in [1.82, 2.24) is 14.7 Å². The zero-order valence-corrected chi connectivity index (χ0v) is 10.5. The minimum absolute atomic E-state index is 0.743. The van der Waals surface area contributed by atoms with Crippen LogP contribution >= 0.6 is 11.8 Å². The van der Waals surface area contributed by atoms with Crippen LogP contribution in [-0.2, 0) is 6.54 Å². The molecule has 0 aromatic carbocycles. The van der Waals surface area contributed by atoms with E-state index in [-0.39, 0.29) is 0 Å². The molecule has 0 aliphatic carbocycles. The van der Waals surface area contributed by atoms with Gasteiger partial charge in [0.2, 0.25) is 0 Å². The van der Waals surface area contributed by atoms with E-state index in [0.29, 0.717) is 0 Å². The molecule has 0 radical (unpaired) electrons. The SMILES string of the molecule is Cc1cccn2cc(CNC3=NCCS3)nc12. The third-order valence-electron chi connectivity index (χ3n) is 2.73. The van der Waals surface area contributed by atoms with E-state index in [2.05, 4.69) is 38.9 Å². The van der Waals surface area contributed by atoms with E-state index < -0.39 is 0 Å². The third-order valence-corrected chi connectivity index (χ3v) is 3.67. The van der Waals surface area contributed by atoms with Gasteiger partial charge in [0.25, 0.3) is 0 Å². The first-order valence-corrected chi connectivity index (χ1v) is 6.66. The molecule has 5 heteroatoms. The van der Waals surface area contributed by atoms with Crippen LogP contribution in [0.2, 0.25) is 0 Å². The molecule has 17 heavy (non-hydrogen) atoms. The Labute approximate surface area is 104 Å². The summed E-state index contributed by atoms with van der Waals surface area (Å²) in [6, 6.07) is 4.12. The van der Waals surface area contributed by atoms with Crippen LogP contribution in [-0.4, -0.2) is 26.8 Å². The Morgan fingerprint density at radius 2 is 2.47 bits per heavy atom. The van der Waals surface area contributed by atoms with Crippen LogP contribution in [0.1, 0.15) is 11.3 Å². The van der Waals surface area contributed by atoms with Gasteiger partial charge in [0.05, 0.1) is 18.8 Å². The molecule has 0 unspecified atom stereocenters. The van der Waals surface area contributed by atoms with E-state index in [1.165, 1.54) is 5.56 Å². The number of amidine groups is 1. The van der Waals surface area contributed by atoms with Crippen LogP contribution in [0.15, 0.2) is 29.5 Å². The second-order valence-electron chi connectivity index (χ2n) is 4.04. The smallest absolute Gasteiger partial charge is 0.156 e. The molecule has 88 valence electrons. The maximum absolute atomic E-state index is 4.61. The molecule has 0 spiro atoms. The minimum atomic E-state index is 0.743. The fraction of sp³-hybridized carbons (Fsp3) is 0.333. The molecule has 1 aliphatic heterocycles. The van der Waals surface area contributed by atoms with Crippen LogP contribution in [0.25, 0.3) is 5.65 Å². The summed E-state index contributed by atoms with van der Waals surface area (Å²) in [6.07, 6.45) is 4.09. The Morgan fingerprint density at radius 1 is 1.53 bits per heavy atom. The lowest BCUT2D eigenvalue weighted by Gasteiger charge is -2.00. The molecular weight excluding hydrogens is 232 g/mol. The first kappa shape index (κ1) is 10.7. The van der Waals surface area contributed by atoms with E-state index in [4.69, 9.17) is 0 Å². The average Bonchev–Trinajstić information content (AvgIpc) is 2.95. The van der Waals surface area contributed by atoms with Crippen LogP contribution < -0.4 is 5.32 Å². The molecule has 3 rings (SSSR count). The molecule has 0 amide bonds. The molecule has 0 saturated carbocycles. The number of aliphatic imine (C=N–C) groups is 1. The first-order chi connectivity index (χ1) is 8.33. The molecule has 0 fully saturated rings. The van der Waals surface area contributed by atoms with Gasteiger partial charge in [0.1, 0.15) is 5.65 Å². The van der Waals surface area contributed by atoms with Crippen molar-refractivity contribution in [2.24, 2.45) is 4.99 Å². The van der Waals surface area contributed by atoms with E-state index in [1.807, 2.05) is 12.3 Å². The van der Waals surface area contributed by atoms with Gasteiger partial charge in [-0.05, 0) is 18.6 Å². The lowest BCUT2D eigenvalue weighted by molar-refractivity contribution is 0.892. The van der Waals surface area contributed by atoms with Gasteiger partial charge in [-0.1, -0.05) is 17.8 Å².